The van der Waals surface area contributed by atoms with Gasteiger partial charge in [-0.25, -0.2) is 19.3 Å². The van der Waals surface area contributed by atoms with Gasteiger partial charge in [-0.2, -0.15) is 0 Å². The number of rotatable bonds is 4. The Hall–Kier alpha value is -2.34. The van der Waals surface area contributed by atoms with E-state index in [9.17, 15) is 4.39 Å². The summed E-state index contributed by atoms with van der Waals surface area (Å²) in [7, 11) is 0. The molecule has 5 rings (SSSR count). The van der Waals surface area contributed by atoms with Gasteiger partial charge in [0.05, 0.1) is 16.3 Å². The van der Waals surface area contributed by atoms with Crippen molar-refractivity contribution in [1.29, 1.82) is 0 Å². The van der Waals surface area contributed by atoms with Crippen LogP contribution < -0.4 is 4.90 Å². The Kier molecular flexibility index (Phi) is 4.59. The molecule has 0 amide bonds. The molecule has 2 aromatic heterocycles. The van der Waals surface area contributed by atoms with Gasteiger partial charge >= 0.3 is 0 Å². The van der Waals surface area contributed by atoms with Gasteiger partial charge in [0.15, 0.2) is 5.13 Å². The van der Waals surface area contributed by atoms with E-state index in [1.54, 1.807) is 17.7 Å². The molecule has 3 aromatic rings. The molecule has 28 heavy (non-hydrogen) atoms. The van der Waals surface area contributed by atoms with Crippen LogP contribution in [0.25, 0.3) is 21.8 Å². The molecule has 2 aliphatic rings. The second-order valence-electron chi connectivity index (χ2n) is 7.95. The van der Waals surface area contributed by atoms with Crippen LogP contribution in [0.3, 0.4) is 0 Å². The molecule has 3 heterocycles. The molecule has 0 radical (unpaired) electrons. The molecule has 1 aliphatic heterocycles. The first-order valence-corrected chi connectivity index (χ1v) is 10.8. The van der Waals surface area contributed by atoms with Crippen LogP contribution in [0.4, 0.5) is 9.52 Å². The van der Waals surface area contributed by atoms with E-state index >= 15 is 0 Å². The van der Waals surface area contributed by atoms with Crippen molar-refractivity contribution in [1.82, 2.24) is 15.0 Å². The van der Waals surface area contributed by atoms with Crippen LogP contribution in [0.5, 0.6) is 0 Å². The minimum Gasteiger partial charge on any atom is -0.348 e. The van der Waals surface area contributed by atoms with E-state index in [1.165, 1.54) is 43.4 Å². The topological polar surface area (TPSA) is 41.9 Å². The van der Waals surface area contributed by atoms with Gasteiger partial charge in [0.2, 0.25) is 0 Å². The predicted molar refractivity (Wildman–Crippen MR) is 111 cm³/mol. The van der Waals surface area contributed by atoms with Crippen molar-refractivity contribution < 1.29 is 4.39 Å². The van der Waals surface area contributed by atoms with E-state index in [0.29, 0.717) is 5.92 Å². The molecule has 0 spiro atoms. The average molecular weight is 395 g/mol. The van der Waals surface area contributed by atoms with Gasteiger partial charge in [0, 0.05) is 30.4 Å². The maximum Gasteiger partial charge on any atom is 0.186 e. The van der Waals surface area contributed by atoms with Gasteiger partial charge < -0.3 is 4.90 Å². The largest absolute Gasteiger partial charge is 0.348 e. The fraction of sp³-hybridized carbons (Fsp3) is 0.409. The van der Waals surface area contributed by atoms with Crippen LogP contribution in [0.2, 0.25) is 0 Å². The quantitative estimate of drug-likeness (QED) is 0.584. The van der Waals surface area contributed by atoms with Crippen LogP contribution in [0.1, 0.15) is 44.1 Å². The summed E-state index contributed by atoms with van der Waals surface area (Å²) in [5, 5.41) is 1.04. The standard InChI is InChI=1S/C22H23FN4S/c1-14-8-10-27(11-9-14)22-26-19(16-4-6-17(23)7-5-16)21(28-22)20-18(15-2-3-15)12-24-13-25-20/h4-7,12-15H,2-3,8-11H2,1H3. The summed E-state index contributed by atoms with van der Waals surface area (Å²) in [5.74, 6) is 1.10. The molecule has 144 valence electrons. The van der Waals surface area contributed by atoms with Crippen LogP contribution in [0.15, 0.2) is 36.8 Å². The maximum absolute atomic E-state index is 13.5. The Morgan fingerprint density at radius 1 is 1.04 bits per heavy atom. The maximum atomic E-state index is 13.5. The number of anilines is 1. The molecule has 1 saturated heterocycles. The highest BCUT2D eigenvalue weighted by atomic mass is 32.1. The van der Waals surface area contributed by atoms with Crippen molar-refractivity contribution >= 4 is 16.5 Å². The Morgan fingerprint density at radius 3 is 2.50 bits per heavy atom. The van der Waals surface area contributed by atoms with Gasteiger partial charge in [0.1, 0.15) is 12.1 Å². The number of nitrogens with zero attached hydrogens (tertiary/aromatic N) is 4. The van der Waals surface area contributed by atoms with E-state index in [2.05, 4.69) is 21.8 Å². The van der Waals surface area contributed by atoms with E-state index in [4.69, 9.17) is 4.98 Å². The van der Waals surface area contributed by atoms with Gasteiger partial charge in [-0.1, -0.05) is 18.3 Å². The molecule has 1 saturated carbocycles. The minimum absolute atomic E-state index is 0.230. The first-order chi connectivity index (χ1) is 13.7. The monoisotopic (exact) mass is 394 g/mol. The number of piperidine rings is 1. The lowest BCUT2D eigenvalue weighted by Gasteiger charge is -2.29. The van der Waals surface area contributed by atoms with Crippen molar-refractivity contribution in [3.8, 4) is 21.8 Å². The number of aromatic nitrogens is 3. The average Bonchev–Trinajstić information content (AvgIpc) is 3.48. The molecule has 0 N–H and O–H groups in total. The van der Waals surface area contributed by atoms with Crippen molar-refractivity contribution in [3.05, 3.63) is 48.2 Å². The van der Waals surface area contributed by atoms with Crippen LogP contribution in [0, 0.1) is 11.7 Å². The first kappa shape index (κ1) is 17.7. The molecule has 0 atom stereocenters. The smallest absolute Gasteiger partial charge is 0.186 e. The number of benzene rings is 1. The van der Waals surface area contributed by atoms with Gasteiger partial charge in [0.25, 0.3) is 0 Å². The summed E-state index contributed by atoms with van der Waals surface area (Å²) in [6, 6.07) is 6.63. The SMILES string of the molecule is CC1CCN(c2nc(-c3ccc(F)cc3)c(-c3ncncc3C3CC3)s2)CC1. The number of halogens is 1. The summed E-state index contributed by atoms with van der Waals surface area (Å²) < 4.78 is 13.5. The molecule has 0 unspecified atom stereocenters. The summed E-state index contributed by atoms with van der Waals surface area (Å²) in [5.41, 5.74) is 4.04. The van der Waals surface area contributed by atoms with E-state index in [-0.39, 0.29) is 5.82 Å². The molecular formula is C22H23FN4S. The highest BCUT2D eigenvalue weighted by molar-refractivity contribution is 7.19. The highest BCUT2D eigenvalue weighted by Gasteiger charge is 2.30. The van der Waals surface area contributed by atoms with Gasteiger partial charge in [-0.15, -0.1) is 0 Å². The van der Waals surface area contributed by atoms with Crippen molar-refractivity contribution in [2.45, 2.75) is 38.5 Å². The number of thiazole rings is 1. The second-order valence-corrected chi connectivity index (χ2v) is 8.93. The summed E-state index contributed by atoms with van der Waals surface area (Å²) in [6.45, 7) is 4.39. The molecule has 6 heteroatoms. The van der Waals surface area contributed by atoms with Crippen LogP contribution in [-0.4, -0.2) is 28.0 Å². The fourth-order valence-electron chi connectivity index (χ4n) is 3.83. The summed E-state index contributed by atoms with van der Waals surface area (Å²) in [4.78, 5) is 17.4. The molecular weight excluding hydrogens is 371 g/mol. The second kappa shape index (κ2) is 7.24. The Balaban J connectivity index is 1.61. The summed E-state index contributed by atoms with van der Waals surface area (Å²) >= 11 is 1.71. The third-order valence-electron chi connectivity index (χ3n) is 5.76. The van der Waals surface area contributed by atoms with Crippen molar-refractivity contribution in [2.75, 3.05) is 18.0 Å². The lowest BCUT2D eigenvalue weighted by molar-refractivity contribution is 0.438. The normalized spacial score (nSPS) is 17.9. The molecule has 0 bridgehead atoms. The molecule has 1 aromatic carbocycles. The predicted octanol–water partition coefficient (Wildman–Crippen LogP) is 5.52. The van der Waals surface area contributed by atoms with E-state index < -0.39 is 0 Å². The number of hydrogen-bond donors (Lipinski definition) is 0. The van der Waals surface area contributed by atoms with Crippen molar-refractivity contribution in [2.24, 2.45) is 5.92 Å². The molecule has 2 fully saturated rings. The minimum atomic E-state index is -0.230. The fourth-order valence-corrected chi connectivity index (χ4v) is 4.99. The Labute approximate surface area is 168 Å². The zero-order valence-corrected chi connectivity index (χ0v) is 16.8. The molecule has 1 aliphatic carbocycles. The van der Waals surface area contributed by atoms with Crippen LogP contribution >= 0.6 is 11.3 Å². The van der Waals surface area contributed by atoms with E-state index in [1.807, 2.05) is 18.3 Å². The summed E-state index contributed by atoms with van der Waals surface area (Å²) in [6.07, 6.45) is 8.36. The number of hydrogen-bond acceptors (Lipinski definition) is 5. The highest BCUT2D eigenvalue weighted by Crippen LogP contribution is 2.47. The van der Waals surface area contributed by atoms with E-state index in [0.717, 1.165) is 46.0 Å². The molecule has 4 nitrogen and oxygen atoms in total. The third-order valence-corrected chi connectivity index (χ3v) is 6.88. The van der Waals surface area contributed by atoms with Crippen molar-refractivity contribution in [3.63, 3.8) is 0 Å². The lowest BCUT2D eigenvalue weighted by Crippen LogP contribution is -2.32. The Bertz CT molecular complexity index is 972. The zero-order valence-electron chi connectivity index (χ0n) is 15.9. The van der Waals surface area contributed by atoms with Gasteiger partial charge in [-0.3, -0.25) is 0 Å². The Morgan fingerprint density at radius 2 is 1.79 bits per heavy atom. The van der Waals surface area contributed by atoms with Gasteiger partial charge in [-0.05, 0) is 61.8 Å². The zero-order chi connectivity index (χ0) is 19.1. The lowest BCUT2D eigenvalue weighted by atomic mass is 10.00. The third kappa shape index (κ3) is 3.41. The first-order valence-electron chi connectivity index (χ1n) is 10.0. The van der Waals surface area contributed by atoms with Crippen LogP contribution in [-0.2, 0) is 0 Å².